The number of aliphatic carboxylic acids is 1. The molecule has 0 fully saturated rings. The van der Waals surface area contributed by atoms with Crippen molar-refractivity contribution >= 4 is 22.6 Å². The quantitative estimate of drug-likeness (QED) is 0.695. The second-order valence-electron chi connectivity index (χ2n) is 2.29. The molecule has 1 rings (SSSR count). The monoisotopic (exact) mass is 188 g/mol. The molecule has 1 unspecified atom stereocenters. The molecule has 12 heavy (non-hydrogen) atoms. The van der Waals surface area contributed by atoms with Crippen molar-refractivity contribution in [3.05, 3.63) is 0 Å². The van der Waals surface area contributed by atoms with Gasteiger partial charge in [0.05, 0.1) is 5.92 Å². The highest BCUT2D eigenvalue weighted by Crippen LogP contribution is 2.05. The first kappa shape index (κ1) is 8.85. The molecule has 66 valence electrons. The fraction of sp³-hybridized carbons (Fsp3) is 0.600. The summed E-state index contributed by atoms with van der Waals surface area (Å²) in [5.41, 5.74) is 0. The van der Waals surface area contributed by atoms with Gasteiger partial charge in [-0.1, -0.05) is 16.5 Å². The minimum absolute atomic E-state index is 0.339. The minimum Gasteiger partial charge on any atom is -0.481 e. The van der Waals surface area contributed by atoms with Gasteiger partial charge in [-0.05, 0) is 5.21 Å². The summed E-state index contributed by atoms with van der Waals surface area (Å²) in [4.78, 5) is 10.4. The van der Waals surface area contributed by atoms with Gasteiger partial charge in [-0.2, -0.15) is 0 Å². The summed E-state index contributed by atoms with van der Waals surface area (Å²) in [6.07, 6.45) is 0. The van der Waals surface area contributed by atoms with Gasteiger partial charge in [0.15, 0.2) is 0 Å². The van der Waals surface area contributed by atoms with Gasteiger partial charge in [-0.25, -0.2) is 0 Å². The number of nitrogens with zero attached hydrogens (tertiary/aromatic N) is 3. The summed E-state index contributed by atoms with van der Waals surface area (Å²) < 4.78 is 3.52. The number of carboxylic acids is 1. The average molecular weight is 188 g/mol. The third-order valence-electron chi connectivity index (χ3n) is 1.28. The van der Waals surface area contributed by atoms with Gasteiger partial charge in [-0.15, -0.1) is 0 Å². The fourth-order valence-electron chi connectivity index (χ4n) is 0.529. The lowest BCUT2D eigenvalue weighted by atomic mass is 10.2. The molecule has 2 N–H and O–H groups in total. The molecule has 1 heterocycles. The van der Waals surface area contributed by atoms with Gasteiger partial charge in [0, 0.05) is 18.1 Å². The van der Waals surface area contributed by atoms with Gasteiger partial charge in [0.1, 0.15) is 0 Å². The number of carbonyl (C=O) groups is 1. The lowest BCUT2D eigenvalue weighted by Gasteiger charge is -2.04. The van der Waals surface area contributed by atoms with Gasteiger partial charge >= 0.3 is 5.97 Å². The van der Waals surface area contributed by atoms with Crippen LogP contribution in [0.25, 0.3) is 0 Å². The Hall–Kier alpha value is -1.24. The Morgan fingerprint density at radius 2 is 2.58 bits per heavy atom. The van der Waals surface area contributed by atoms with E-state index in [4.69, 9.17) is 5.11 Å². The van der Waals surface area contributed by atoms with Crippen LogP contribution < -0.4 is 5.32 Å². The number of aromatic nitrogens is 3. The van der Waals surface area contributed by atoms with Crippen molar-refractivity contribution < 1.29 is 9.90 Å². The predicted octanol–water partition coefficient (Wildman–Crippen LogP) is 0.0657. The summed E-state index contributed by atoms with van der Waals surface area (Å²) in [5, 5.41) is 18.8. The highest BCUT2D eigenvalue weighted by Gasteiger charge is 2.10. The fourth-order valence-corrected chi connectivity index (χ4v) is 0.901. The zero-order chi connectivity index (χ0) is 8.97. The van der Waals surface area contributed by atoms with Gasteiger partial charge in [-0.3, -0.25) is 4.79 Å². The predicted molar refractivity (Wildman–Crippen MR) is 43.0 cm³/mol. The number of hydrogen-bond acceptors (Lipinski definition) is 6. The molecule has 7 heteroatoms. The maximum absolute atomic E-state index is 10.4. The molecule has 0 spiro atoms. The molecule has 0 radical (unpaired) electrons. The SMILES string of the molecule is CC(CNc1nnns1)C(=O)O. The van der Waals surface area contributed by atoms with Crippen LogP contribution in [0, 0.1) is 5.92 Å². The van der Waals surface area contributed by atoms with E-state index in [1.165, 1.54) is 0 Å². The molecule has 0 aliphatic carbocycles. The average Bonchev–Trinajstić information content (AvgIpc) is 2.51. The van der Waals surface area contributed by atoms with E-state index in [1.54, 1.807) is 6.92 Å². The third kappa shape index (κ3) is 2.42. The maximum Gasteiger partial charge on any atom is 0.308 e. The lowest BCUT2D eigenvalue weighted by molar-refractivity contribution is -0.140. The van der Waals surface area contributed by atoms with Gasteiger partial charge in [0.2, 0.25) is 5.13 Å². The Balaban J connectivity index is 2.31. The number of hydrogen-bond donors (Lipinski definition) is 2. The molecule has 1 aromatic rings. The highest BCUT2D eigenvalue weighted by molar-refractivity contribution is 7.09. The van der Waals surface area contributed by atoms with Crippen molar-refractivity contribution in [1.29, 1.82) is 0 Å². The van der Waals surface area contributed by atoms with E-state index < -0.39 is 11.9 Å². The number of anilines is 1. The molecule has 0 aliphatic rings. The zero-order valence-electron chi connectivity index (χ0n) is 6.39. The van der Waals surface area contributed by atoms with Crippen molar-refractivity contribution in [2.45, 2.75) is 6.92 Å². The lowest BCUT2D eigenvalue weighted by Crippen LogP contribution is -2.19. The maximum atomic E-state index is 10.4. The second kappa shape index (κ2) is 3.96. The molecular weight excluding hydrogens is 180 g/mol. The van der Waals surface area contributed by atoms with E-state index in [2.05, 4.69) is 20.1 Å². The van der Waals surface area contributed by atoms with E-state index in [9.17, 15) is 4.79 Å². The molecule has 0 saturated carbocycles. The second-order valence-corrected chi connectivity index (χ2v) is 3.02. The van der Waals surface area contributed by atoms with Crippen molar-refractivity contribution in [3.63, 3.8) is 0 Å². The van der Waals surface area contributed by atoms with Crippen LogP contribution >= 0.6 is 11.5 Å². The first-order valence-corrected chi connectivity index (χ1v) is 4.09. The molecule has 0 aromatic carbocycles. The van der Waals surface area contributed by atoms with E-state index in [0.717, 1.165) is 11.5 Å². The first-order valence-electron chi connectivity index (χ1n) is 3.32. The molecule has 0 amide bonds. The summed E-state index contributed by atoms with van der Waals surface area (Å²) in [6.45, 7) is 1.95. The van der Waals surface area contributed by atoms with Crippen LogP contribution in [-0.4, -0.2) is 32.4 Å². The summed E-state index contributed by atoms with van der Waals surface area (Å²) in [7, 11) is 0. The third-order valence-corrected chi connectivity index (χ3v) is 1.83. The zero-order valence-corrected chi connectivity index (χ0v) is 7.21. The number of nitrogens with one attached hydrogen (secondary N) is 1. The van der Waals surface area contributed by atoms with Crippen LogP contribution in [0.2, 0.25) is 0 Å². The van der Waals surface area contributed by atoms with Gasteiger partial charge in [0.25, 0.3) is 0 Å². The van der Waals surface area contributed by atoms with Gasteiger partial charge < -0.3 is 10.4 Å². The Bertz CT molecular complexity index is 250. The van der Waals surface area contributed by atoms with Crippen LogP contribution in [0.3, 0.4) is 0 Å². The molecule has 0 aliphatic heterocycles. The van der Waals surface area contributed by atoms with E-state index in [0.29, 0.717) is 11.7 Å². The van der Waals surface area contributed by atoms with Crippen molar-refractivity contribution in [2.24, 2.45) is 5.92 Å². The highest BCUT2D eigenvalue weighted by atomic mass is 32.1. The number of rotatable bonds is 4. The Morgan fingerprint density at radius 3 is 3.08 bits per heavy atom. The Kier molecular flexibility index (Phi) is 2.92. The minimum atomic E-state index is -0.833. The van der Waals surface area contributed by atoms with Crippen LogP contribution in [0.4, 0.5) is 5.13 Å². The van der Waals surface area contributed by atoms with Crippen molar-refractivity contribution in [1.82, 2.24) is 14.8 Å². The topological polar surface area (TPSA) is 88.0 Å². The molecule has 1 atom stereocenters. The van der Waals surface area contributed by atoms with Crippen LogP contribution in [0.5, 0.6) is 0 Å². The van der Waals surface area contributed by atoms with Crippen LogP contribution in [-0.2, 0) is 4.79 Å². The summed E-state index contributed by atoms with van der Waals surface area (Å²) >= 11 is 1.10. The van der Waals surface area contributed by atoms with Crippen LogP contribution in [0.1, 0.15) is 6.92 Å². The summed E-state index contributed by atoms with van der Waals surface area (Å²) in [5.74, 6) is -1.27. The Labute approximate surface area is 72.8 Å². The van der Waals surface area contributed by atoms with Crippen molar-refractivity contribution in [3.8, 4) is 0 Å². The smallest absolute Gasteiger partial charge is 0.308 e. The molecule has 6 nitrogen and oxygen atoms in total. The summed E-state index contributed by atoms with van der Waals surface area (Å²) in [6, 6.07) is 0. The standard InChI is InChI=1S/C5H8N4O2S/c1-3(4(10)11)2-6-5-7-8-9-12-5/h3H,2H2,1H3,(H,10,11)(H,6,7,9). The number of carboxylic acid groups (broad SMARTS) is 1. The van der Waals surface area contributed by atoms with Crippen molar-refractivity contribution in [2.75, 3.05) is 11.9 Å². The molecular formula is C5H8N4O2S. The molecule has 0 bridgehead atoms. The van der Waals surface area contributed by atoms with E-state index in [1.807, 2.05) is 0 Å². The van der Waals surface area contributed by atoms with Crippen LogP contribution in [0.15, 0.2) is 0 Å². The van der Waals surface area contributed by atoms with E-state index >= 15 is 0 Å². The molecule has 1 aromatic heterocycles. The first-order chi connectivity index (χ1) is 5.70. The van der Waals surface area contributed by atoms with E-state index in [-0.39, 0.29) is 0 Å². The normalized spacial score (nSPS) is 12.4. The Morgan fingerprint density at radius 1 is 1.83 bits per heavy atom. The largest absolute Gasteiger partial charge is 0.481 e. The molecule has 0 saturated heterocycles.